The van der Waals surface area contributed by atoms with E-state index in [4.69, 9.17) is 0 Å². The summed E-state index contributed by atoms with van der Waals surface area (Å²) >= 11 is 0. The average Bonchev–Trinajstić information content (AvgIpc) is 3.37. The van der Waals surface area contributed by atoms with Crippen molar-refractivity contribution in [2.75, 3.05) is 5.32 Å². The number of carbonyl (C=O) groups excluding carboxylic acids is 1. The van der Waals surface area contributed by atoms with Gasteiger partial charge < -0.3 is 5.32 Å². The van der Waals surface area contributed by atoms with Crippen LogP contribution in [0.1, 0.15) is 40.4 Å². The second-order valence-corrected chi connectivity index (χ2v) is 8.37. The predicted octanol–water partition coefficient (Wildman–Crippen LogP) is 3.00. The first kappa shape index (κ1) is 22.6. The Bertz CT molecular complexity index is 1700. The Morgan fingerprint density at radius 3 is 2.54 bits per heavy atom. The Kier molecular flexibility index (Phi) is 5.10. The Morgan fingerprint density at radius 2 is 1.81 bits per heavy atom. The minimum Gasteiger partial charge on any atom is -0.320 e. The fourth-order valence-electron chi connectivity index (χ4n) is 4.10. The van der Waals surface area contributed by atoms with Crippen LogP contribution < -0.4 is 10.9 Å². The molecule has 0 radical (unpaired) electrons. The molecule has 37 heavy (non-hydrogen) atoms. The van der Waals surface area contributed by atoms with E-state index in [1.807, 2.05) is 0 Å². The van der Waals surface area contributed by atoms with E-state index in [-0.39, 0.29) is 22.7 Å². The number of carbonyl (C=O) groups is 1. The molecule has 1 aliphatic carbocycles. The molecule has 11 nitrogen and oxygen atoms in total. The highest BCUT2D eigenvalue weighted by atomic mass is 19.4. The van der Waals surface area contributed by atoms with Crippen molar-refractivity contribution in [3.63, 3.8) is 0 Å². The SMILES string of the molecule is O=C(Nc1cnc(-n2nccn2)c(C(F)(F)F)c1)c1cnn(-c2cccn3c(=O)ccnc23)c1C1CC1. The molecule has 1 aliphatic rings. The first-order valence-corrected chi connectivity index (χ1v) is 11.1. The van der Waals surface area contributed by atoms with Crippen LogP contribution >= 0.6 is 0 Å². The molecule has 14 heteroatoms. The van der Waals surface area contributed by atoms with E-state index in [1.165, 1.54) is 35.3 Å². The molecular formula is C23H16F3N9O2. The molecule has 0 saturated heterocycles. The number of hydrogen-bond donors (Lipinski definition) is 1. The maximum absolute atomic E-state index is 13.7. The van der Waals surface area contributed by atoms with E-state index >= 15 is 0 Å². The molecular weight excluding hydrogens is 491 g/mol. The van der Waals surface area contributed by atoms with E-state index in [0.717, 1.165) is 29.9 Å². The number of alkyl halides is 3. The minimum atomic E-state index is -4.76. The lowest BCUT2D eigenvalue weighted by atomic mass is 10.1. The van der Waals surface area contributed by atoms with Gasteiger partial charge in [-0.3, -0.25) is 14.0 Å². The normalized spacial score (nSPS) is 13.7. The molecule has 0 bridgehead atoms. The summed E-state index contributed by atoms with van der Waals surface area (Å²) in [7, 11) is 0. The van der Waals surface area contributed by atoms with Crippen LogP contribution in [-0.2, 0) is 6.18 Å². The van der Waals surface area contributed by atoms with Crippen LogP contribution in [0.15, 0.2) is 66.2 Å². The predicted molar refractivity (Wildman–Crippen MR) is 123 cm³/mol. The first-order chi connectivity index (χ1) is 17.8. The highest BCUT2D eigenvalue weighted by Crippen LogP contribution is 2.43. The lowest BCUT2D eigenvalue weighted by Crippen LogP contribution is -2.18. The first-order valence-electron chi connectivity index (χ1n) is 11.1. The van der Waals surface area contributed by atoms with Crippen molar-refractivity contribution in [3.8, 4) is 11.5 Å². The largest absolute Gasteiger partial charge is 0.420 e. The van der Waals surface area contributed by atoms with Crippen molar-refractivity contribution in [1.29, 1.82) is 0 Å². The smallest absolute Gasteiger partial charge is 0.320 e. The molecule has 5 heterocycles. The van der Waals surface area contributed by atoms with E-state index < -0.39 is 23.5 Å². The summed E-state index contributed by atoms with van der Waals surface area (Å²) in [6, 6.07) is 5.51. The molecule has 5 aromatic heterocycles. The Labute approximate surface area is 205 Å². The molecule has 0 unspecified atom stereocenters. The quantitative estimate of drug-likeness (QED) is 0.388. The topological polar surface area (TPSA) is 125 Å². The third-order valence-corrected chi connectivity index (χ3v) is 5.88. The van der Waals surface area contributed by atoms with Crippen molar-refractivity contribution < 1.29 is 18.0 Å². The van der Waals surface area contributed by atoms with Crippen LogP contribution in [0.2, 0.25) is 0 Å². The van der Waals surface area contributed by atoms with E-state index in [1.54, 1.807) is 23.0 Å². The fourth-order valence-corrected chi connectivity index (χ4v) is 4.10. The standard InChI is InChI=1S/C23H16F3N9O2/c24-23(25,26)16-10-14(11-28-20(16)35-29-7-8-30-35)32-22(37)15-12-31-34(19(15)13-3-4-13)17-2-1-9-33-18(36)5-6-27-21(17)33/h1-2,5-13H,3-4H2,(H,32,37). The van der Waals surface area contributed by atoms with Gasteiger partial charge in [0.15, 0.2) is 11.5 Å². The zero-order chi connectivity index (χ0) is 25.7. The van der Waals surface area contributed by atoms with E-state index in [0.29, 0.717) is 17.0 Å². The van der Waals surface area contributed by atoms with Crippen molar-refractivity contribution >= 4 is 17.2 Å². The lowest BCUT2D eigenvalue weighted by molar-refractivity contribution is -0.137. The van der Waals surface area contributed by atoms with Gasteiger partial charge >= 0.3 is 6.18 Å². The summed E-state index contributed by atoms with van der Waals surface area (Å²) in [5.41, 5.74) is 0.117. The van der Waals surface area contributed by atoms with Crippen molar-refractivity contribution in [1.82, 2.24) is 39.1 Å². The Hall–Kier alpha value is -4.88. The van der Waals surface area contributed by atoms with E-state index in [2.05, 4.69) is 30.6 Å². The second kappa shape index (κ2) is 8.36. The van der Waals surface area contributed by atoms with Gasteiger partial charge in [0.2, 0.25) is 0 Å². The highest BCUT2D eigenvalue weighted by molar-refractivity contribution is 6.05. The van der Waals surface area contributed by atoms with Crippen LogP contribution in [0.25, 0.3) is 17.2 Å². The summed E-state index contributed by atoms with van der Waals surface area (Å²) in [6.45, 7) is 0. The number of pyridine rings is 2. The Balaban J connectivity index is 1.38. The summed E-state index contributed by atoms with van der Waals surface area (Å²) in [6.07, 6.45) is 4.76. The monoisotopic (exact) mass is 507 g/mol. The van der Waals surface area contributed by atoms with Crippen LogP contribution in [0.4, 0.5) is 18.9 Å². The summed E-state index contributed by atoms with van der Waals surface area (Å²) < 4.78 is 44.1. The van der Waals surface area contributed by atoms with Gasteiger partial charge in [-0.15, -0.1) is 4.80 Å². The van der Waals surface area contributed by atoms with Gasteiger partial charge in [0.25, 0.3) is 11.5 Å². The maximum Gasteiger partial charge on any atom is 0.420 e. The molecule has 0 aromatic carbocycles. The zero-order valence-electron chi connectivity index (χ0n) is 18.8. The van der Waals surface area contributed by atoms with Gasteiger partial charge in [0, 0.05) is 24.4 Å². The van der Waals surface area contributed by atoms with Crippen LogP contribution in [0.3, 0.4) is 0 Å². The molecule has 1 saturated carbocycles. The third-order valence-electron chi connectivity index (χ3n) is 5.88. The molecule has 186 valence electrons. The van der Waals surface area contributed by atoms with Crippen molar-refractivity contribution in [2.45, 2.75) is 24.9 Å². The second-order valence-electron chi connectivity index (χ2n) is 8.37. The van der Waals surface area contributed by atoms with Gasteiger partial charge in [0.1, 0.15) is 11.3 Å². The lowest BCUT2D eigenvalue weighted by Gasteiger charge is -2.14. The molecule has 1 amide bonds. The van der Waals surface area contributed by atoms with Gasteiger partial charge in [-0.25, -0.2) is 14.6 Å². The number of hydrogen-bond acceptors (Lipinski definition) is 7. The van der Waals surface area contributed by atoms with Gasteiger partial charge in [-0.1, -0.05) is 0 Å². The number of fused-ring (bicyclic) bond motifs is 1. The molecule has 0 aliphatic heterocycles. The number of nitrogens with one attached hydrogen (secondary N) is 1. The molecule has 0 spiro atoms. The molecule has 1 fully saturated rings. The van der Waals surface area contributed by atoms with Gasteiger partial charge in [-0.2, -0.15) is 28.5 Å². The van der Waals surface area contributed by atoms with Crippen molar-refractivity contribution in [2.24, 2.45) is 0 Å². The van der Waals surface area contributed by atoms with Crippen LogP contribution in [-0.4, -0.2) is 45.1 Å². The van der Waals surface area contributed by atoms with Gasteiger partial charge in [0.05, 0.1) is 41.7 Å². The molecule has 6 rings (SSSR count). The molecule has 5 aromatic rings. The van der Waals surface area contributed by atoms with Gasteiger partial charge in [-0.05, 0) is 31.0 Å². The average molecular weight is 507 g/mol. The molecule has 1 N–H and O–H groups in total. The van der Waals surface area contributed by atoms with Crippen LogP contribution in [0, 0.1) is 0 Å². The fraction of sp³-hybridized carbons (Fsp3) is 0.174. The number of amides is 1. The molecule has 0 atom stereocenters. The third kappa shape index (κ3) is 4.01. The number of aromatic nitrogens is 8. The zero-order valence-corrected chi connectivity index (χ0v) is 18.8. The van der Waals surface area contributed by atoms with Crippen molar-refractivity contribution in [3.05, 3.63) is 88.6 Å². The summed E-state index contributed by atoms with van der Waals surface area (Å²) in [5.74, 6) is -1.13. The highest BCUT2D eigenvalue weighted by Gasteiger charge is 2.37. The van der Waals surface area contributed by atoms with E-state index in [9.17, 15) is 22.8 Å². The number of nitrogens with zero attached hydrogens (tertiary/aromatic N) is 8. The Morgan fingerprint density at radius 1 is 1.03 bits per heavy atom. The van der Waals surface area contributed by atoms with Crippen LogP contribution in [0.5, 0.6) is 0 Å². The summed E-state index contributed by atoms with van der Waals surface area (Å²) in [5, 5.41) is 14.3. The summed E-state index contributed by atoms with van der Waals surface area (Å²) in [4.78, 5) is 34.4. The number of halogens is 3. The number of rotatable bonds is 5. The number of anilines is 1. The minimum absolute atomic E-state index is 0.0241. The maximum atomic E-state index is 13.7.